The third-order valence-electron chi connectivity index (χ3n) is 4.11. The predicted octanol–water partition coefficient (Wildman–Crippen LogP) is 2.54. The van der Waals surface area contributed by atoms with Crippen molar-refractivity contribution in [1.29, 1.82) is 0 Å². The van der Waals surface area contributed by atoms with Crippen molar-refractivity contribution >= 4 is 11.8 Å². The van der Waals surface area contributed by atoms with Gasteiger partial charge in [-0.15, -0.1) is 0 Å². The van der Waals surface area contributed by atoms with Crippen LogP contribution in [0.1, 0.15) is 39.0 Å². The Balaban J connectivity index is 1.76. The van der Waals surface area contributed by atoms with Gasteiger partial charge in [-0.1, -0.05) is 26.2 Å². The zero-order valence-corrected chi connectivity index (χ0v) is 14.2. The van der Waals surface area contributed by atoms with Crippen molar-refractivity contribution in [1.82, 2.24) is 15.6 Å². The van der Waals surface area contributed by atoms with E-state index >= 15 is 0 Å². The average Bonchev–Trinajstić information content (AvgIpc) is 3.02. The second-order valence-corrected chi connectivity index (χ2v) is 5.94. The van der Waals surface area contributed by atoms with Crippen molar-refractivity contribution in [3.05, 3.63) is 24.1 Å². The number of guanidine groups is 1. The number of unbranched alkanes of at least 4 members (excludes halogenated alkanes) is 3. The highest BCUT2D eigenvalue weighted by Crippen LogP contribution is 2.20. The van der Waals surface area contributed by atoms with Crippen LogP contribution in [-0.2, 0) is 0 Å². The summed E-state index contributed by atoms with van der Waals surface area (Å²) in [7, 11) is 1.78. The van der Waals surface area contributed by atoms with Gasteiger partial charge < -0.3 is 15.5 Å². The minimum atomic E-state index is -0.258. The van der Waals surface area contributed by atoms with Crippen molar-refractivity contribution in [2.24, 2.45) is 4.99 Å². The van der Waals surface area contributed by atoms with Gasteiger partial charge >= 0.3 is 0 Å². The number of halogens is 1. The normalized spacial score (nSPS) is 18.3. The first-order valence-electron chi connectivity index (χ1n) is 8.57. The molecule has 1 atom stereocenters. The third-order valence-corrected chi connectivity index (χ3v) is 4.11. The molecule has 23 heavy (non-hydrogen) atoms. The van der Waals surface area contributed by atoms with E-state index in [-0.39, 0.29) is 11.9 Å². The molecule has 1 saturated heterocycles. The molecule has 0 aromatic carbocycles. The molecular weight excluding hydrogens is 293 g/mol. The van der Waals surface area contributed by atoms with Crippen molar-refractivity contribution < 1.29 is 4.39 Å². The molecule has 1 aromatic rings. The molecule has 0 aliphatic carbocycles. The van der Waals surface area contributed by atoms with Crippen LogP contribution in [0.15, 0.2) is 23.3 Å². The van der Waals surface area contributed by atoms with Gasteiger partial charge in [-0.3, -0.25) is 4.99 Å². The van der Waals surface area contributed by atoms with Gasteiger partial charge in [0, 0.05) is 38.9 Å². The van der Waals surface area contributed by atoms with E-state index in [1.165, 1.54) is 25.3 Å². The highest BCUT2D eigenvalue weighted by molar-refractivity contribution is 5.80. The molecule has 6 heteroatoms. The van der Waals surface area contributed by atoms with Crippen molar-refractivity contribution in [2.45, 2.75) is 45.1 Å². The van der Waals surface area contributed by atoms with Crippen molar-refractivity contribution in [3.8, 4) is 0 Å². The van der Waals surface area contributed by atoms with E-state index in [2.05, 4.69) is 27.5 Å². The van der Waals surface area contributed by atoms with Crippen LogP contribution in [0.5, 0.6) is 0 Å². The molecule has 1 aliphatic rings. The minimum absolute atomic E-state index is 0.258. The maximum Gasteiger partial charge on any atom is 0.191 e. The topological polar surface area (TPSA) is 52.6 Å². The van der Waals surface area contributed by atoms with Gasteiger partial charge in [0.15, 0.2) is 17.6 Å². The van der Waals surface area contributed by atoms with Gasteiger partial charge in [0.2, 0.25) is 0 Å². The molecule has 0 radical (unpaired) electrons. The van der Waals surface area contributed by atoms with Gasteiger partial charge in [0.05, 0.1) is 0 Å². The standard InChI is InChI=1S/C17H28FN5/c1-3-4-5-6-10-21-17(19-2)22-14-9-12-23(13-14)16-15(18)8-7-11-20-16/h7-8,11,14H,3-6,9-10,12-13H2,1-2H3,(H2,19,21,22). The first kappa shape index (κ1) is 17.5. The lowest BCUT2D eigenvalue weighted by molar-refractivity contribution is 0.610. The van der Waals surface area contributed by atoms with Crippen LogP contribution in [0.2, 0.25) is 0 Å². The number of pyridine rings is 1. The summed E-state index contributed by atoms with van der Waals surface area (Å²) in [4.78, 5) is 10.4. The maximum absolute atomic E-state index is 13.8. The lowest BCUT2D eigenvalue weighted by Crippen LogP contribution is -2.45. The van der Waals surface area contributed by atoms with Crippen LogP contribution in [0.4, 0.5) is 10.2 Å². The van der Waals surface area contributed by atoms with E-state index in [0.29, 0.717) is 5.82 Å². The smallest absolute Gasteiger partial charge is 0.191 e. The van der Waals surface area contributed by atoms with Crippen LogP contribution >= 0.6 is 0 Å². The Morgan fingerprint density at radius 1 is 1.43 bits per heavy atom. The number of hydrogen-bond acceptors (Lipinski definition) is 3. The number of nitrogens with zero attached hydrogens (tertiary/aromatic N) is 3. The molecule has 0 saturated carbocycles. The Morgan fingerprint density at radius 2 is 2.30 bits per heavy atom. The number of hydrogen-bond donors (Lipinski definition) is 2. The Kier molecular flexibility index (Phi) is 7.10. The monoisotopic (exact) mass is 321 g/mol. The van der Waals surface area contributed by atoms with E-state index in [0.717, 1.165) is 38.4 Å². The Morgan fingerprint density at radius 3 is 3.04 bits per heavy atom. The Hall–Kier alpha value is -1.85. The van der Waals surface area contributed by atoms with E-state index in [1.54, 1.807) is 19.3 Å². The summed E-state index contributed by atoms with van der Waals surface area (Å²) in [5.74, 6) is 1.01. The number of aliphatic imine (C=N–C) groups is 1. The summed E-state index contributed by atoms with van der Waals surface area (Å²) in [6, 6.07) is 3.34. The molecule has 5 nitrogen and oxygen atoms in total. The van der Waals surface area contributed by atoms with Crippen molar-refractivity contribution in [2.75, 3.05) is 31.6 Å². The summed E-state index contributed by atoms with van der Waals surface area (Å²) in [6.45, 7) is 4.69. The first-order valence-corrected chi connectivity index (χ1v) is 8.57. The van der Waals surface area contributed by atoms with Crippen molar-refractivity contribution in [3.63, 3.8) is 0 Å². The summed E-state index contributed by atoms with van der Waals surface area (Å²) in [5.41, 5.74) is 0. The summed E-state index contributed by atoms with van der Waals surface area (Å²) in [6.07, 6.45) is 7.51. The predicted molar refractivity (Wildman–Crippen MR) is 93.5 cm³/mol. The largest absolute Gasteiger partial charge is 0.356 e. The van der Waals surface area contributed by atoms with Crippen LogP contribution in [0.3, 0.4) is 0 Å². The Labute approximate surface area is 138 Å². The average molecular weight is 321 g/mol. The second kappa shape index (κ2) is 9.33. The molecule has 1 fully saturated rings. The third kappa shape index (κ3) is 5.37. The quantitative estimate of drug-likeness (QED) is 0.460. The van der Waals surface area contributed by atoms with Crippen LogP contribution in [-0.4, -0.2) is 43.7 Å². The molecule has 128 valence electrons. The fourth-order valence-electron chi connectivity index (χ4n) is 2.83. The van der Waals surface area contributed by atoms with Gasteiger partial charge in [0.25, 0.3) is 0 Å². The van der Waals surface area contributed by atoms with Crippen LogP contribution < -0.4 is 15.5 Å². The molecule has 1 aliphatic heterocycles. The molecule has 0 bridgehead atoms. The fraction of sp³-hybridized carbons (Fsp3) is 0.647. The van der Waals surface area contributed by atoms with Crippen LogP contribution in [0, 0.1) is 5.82 Å². The number of rotatable bonds is 7. The van der Waals surface area contributed by atoms with E-state index in [1.807, 2.05) is 4.90 Å². The molecule has 2 N–H and O–H groups in total. The summed E-state index contributed by atoms with van der Waals surface area (Å²) >= 11 is 0. The highest BCUT2D eigenvalue weighted by atomic mass is 19.1. The molecule has 2 rings (SSSR count). The molecular formula is C17H28FN5. The highest BCUT2D eigenvalue weighted by Gasteiger charge is 2.25. The summed E-state index contributed by atoms with van der Waals surface area (Å²) < 4.78 is 13.8. The second-order valence-electron chi connectivity index (χ2n) is 5.94. The van der Waals surface area contributed by atoms with Crippen LogP contribution in [0.25, 0.3) is 0 Å². The van der Waals surface area contributed by atoms with E-state index < -0.39 is 0 Å². The van der Waals surface area contributed by atoms with E-state index in [4.69, 9.17) is 0 Å². The zero-order valence-electron chi connectivity index (χ0n) is 14.2. The summed E-state index contributed by atoms with van der Waals surface area (Å²) in [5, 5.41) is 6.77. The van der Waals surface area contributed by atoms with Gasteiger partial charge in [0.1, 0.15) is 0 Å². The lowest BCUT2D eigenvalue weighted by atomic mass is 10.2. The zero-order chi connectivity index (χ0) is 16.5. The molecule has 1 aromatic heterocycles. The first-order chi connectivity index (χ1) is 11.2. The SMILES string of the molecule is CCCCCCNC(=NC)NC1CCN(c2ncccc2F)C1. The maximum atomic E-state index is 13.8. The number of aromatic nitrogens is 1. The minimum Gasteiger partial charge on any atom is -0.356 e. The van der Waals surface area contributed by atoms with Gasteiger partial charge in [-0.2, -0.15) is 0 Å². The lowest BCUT2D eigenvalue weighted by Gasteiger charge is -2.20. The fourth-order valence-corrected chi connectivity index (χ4v) is 2.83. The number of nitrogens with one attached hydrogen (secondary N) is 2. The molecule has 0 amide bonds. The molecule has 0 spiro atoms. The van der Waals surface area contributed by atoms with Gasteiger partial charge in [-0.05, 0) is 25.0 Å². The van der Waals surface area contributed by atoms with Gasteiger partial charge in [-0.25, -0.2) is 9.37 Å². The Bertz CT molecular complexity index is 506. The molecule has 2 heterocycles. The van der Waals surface area contributed by atoms with E-state index in [9.17, 15) is 4.39 Å². The number of anilines is 1. The molecule has 1 unspecified atom stereocenters.